The third-order valence-electron chi connectivity index (χ3n) is 2.42. The molecule has 0 saturated heterocycles. The van der Waals surface area contributed by atoms with E-state index < -0.39 is 18.8 Å². The highest BCUT2D eigenvalue weighted by Gasteiger charge is 2.28. The van der Waals surface area contributed by atoms with Crippen molar-refractivity contribution in [3.05, 3.63) is 16.4 Å². The van der Waals surface area contributed by atoms with Gasteiger partial charge in [0.1, 0.15) is 6.61 Å². The summed E-state index contributed by atoms with van der Waals surface area (Å²) < 4.78 is 48.0. The van der Waals surface area contributed by atoms with Gasteiger partial charge < -0.3 is 9.47 Å². The van der Waals surface area contributed by atoms with Gasteiger partial charge in [-0.1, -0.05) is 0 Å². The first-order valence-corrected chi connectivity index (χ1v) is 6.49. The van der Waals surface area contributed by atoms with Crippen molar-refractivity contribution in [2.45, 2.75) is 18.8 Å². The maximum absolute atomic E-state index is 12.1. The van der Waals surface area contributed by atoms with Crippen LogP contribution in [0.2, 0.25) is 0 Å². The SMILES string of the molecule is COCCn1ncc(Br)c1C(COCC(F)(F)F)NN. The molecule has 1 rings (SSSR count). The Labute approximate surface area is 122 Å². The van der Waals surface area contributed by atoms with Crippen LogP contribution in [0.15, 0.2) is 10.7 Å². The zero-order chi connectivity index (χ0) is 15.2. The van der Waals surface area contributed by atoms with Crippen LogP contribution < -0.4 is 11.3 Å². The summed E-state index contributed by atoms with van der Waals surface area (Å²) in [6.45, 7) is -0.682. The molecule has 0 amide bonds. The molecule has 1 unspecified atom stereocenters. The third-order valence-corrected chi connectivity index (χ3v) is 3.03. The first-order valence-electron chi connectivity index (χ1n) is 5.69. The minimum absolute atomic E-state index is 0.229. The van der Waals surface area contributed by atoms with Crippen LogP contribution in [-0.2, 0) is 16.0 Å². The number of alkyl halides is 3. The molecule has 10 heteroatoms. The van der Waals surface area contributed by atoms with Gasteiger partial charge in [-0.05, 0) is 15.9 Å². The Morgan fingerprint density at radius 3 is 2.80 bits per heavy atom. The first-order chi connectivity index (χ1) is 9.39. The number of rotatable bonds is 8. The largest absolute Gasteiger partial charge is 0.411 e. The van der Waals surface area contributed by atoms with E-state index in [1.165, 1.54) is 0 Å². The topological polar surface area (TPSA) is 74.3 Å². The number of nitrogens with two attached hydrogens (primary N) is 1. The van der Waals surface area contributed by atoms with Crippen molar-refractivity contribution in [2.24, 2.45) is 5.84 Å². The van der Waals surface area contributed by atoms with Crippen LogP contribution in [0.5, 0.6) is 0 Å². The van der Waals surface area contributed by atoms with E-state index in [-0.39, 0.29) is 6.61 Å². The van der Waals surface area contributed by atoms with Gasteiger partial charge in [-0.3, -0.25) is 10.5 Å². The van der Waals surface area contributed by atoms with Crippen molar-refractivity contribution in [3.63, 3.8) is 0 Å². The summed E-state index contributed by atoms with van der Waals surface area (Å²) >= 11 is 3.28. The van der Waals surface area contributed by atoms with Crippen LogP contribution in [-0.4, -0.2) is 42.9 Å². The Hall–Kier alpha value is -0.680. The van der Waals surface area contributed by atoms with Gasteiger partial charge in [-0.2, -0.15) is 18.3 Å². The lowest BCUT2D eigenvalue weighted by Gasteiger charge is -2.19. The average molecular weight is 361 g/mol. The standard InChI is InChI=1S/C10H16BrF3N4O2/c1-19-3-2-18-9(7(11)4-16-18)8(17-15)5-20-6-10(12,13)14/h4,8,17H,2-3,5-6,15H2,1H3. The molecule has 0 bridgehead atoms. The number of methoxy groups -OCH3 is 1. The van der Waals surface area contributed by atoms with Gasteiger partial charge in [0.05, 0.1) is 42.2 Å². The average Bonchev–Trinajstić information content (AvgIpc) is 2.72. The van der Waals surface area contributed by atoms with Gasteiger partial charge in [0.25, 0.3) is 0 Å². The van der Waals surface area contributed by atoms with Crippen LogP contribution in [0.4, 0.5) is 13.2 Å². The van der Waals surface area contributed by atoms with E-state index in [0.29, 0.717) is 23.3 Å². The monoisotopic (exact) mass is 360 g/mol. The first kappa shape index (κ1) is 17.4. The van der Waals surface area contributed by atoms with Crippen molar-refractivity contribution in [2.75, 3.05) is 26.9 Å². The Bertz CT molecular complexity index is 414. The summed E-state index contributed by atoms with van der Waals surface area (Å²) in [6.07, 6.45) is -2.83. The summed E-state index contributed by atoms with van der Waals surface area (Å²) in [4.78, 5) is 0. The smallest absolute Gasteiger partial charge is 0.383 e. The summed E-state index contributed by atoms with van der Waals surface area (Å²) in [5.41, 5.74) is 3.03. The van der Waals surface area contributed by atoms with E-state index in [1.807, 2.05) is 0 Å². The van der Waals surface area contributed by atoms with Crippen LogP contribution in [0.1, 0.15) is 11.7 Å². The third kappa shape index (κ3) is 5.37. The van der Waals surface area contributed by atoms with E-state index in [4.69, 9.17) is 10.6 Å². The number of nitrogens with zero attached hydrogens (tertiary/aromatic N) is 2. The van der Waals surface area contributed by atoms with Gasteiger partial charge in [0.2, 0.25) is 0 Å². The summed E-state index contributed by atoms with van der Waals surface area (Å²) in [7, 11) is 1.54. The lowest BCUT2D eigenvalue weighted by molar-refractivity contribution is -0.175. The lowest BCUT2D eigenvalue weighted by Crippen LogP contribution is -2.34. The van der Waals surface area contributed by atoms with Crippen molar-refractivity contribution in [1.29, 1.82) is 0 Å². The normalized spacial score (nSPS) is 13.7. The van der Waals surface area contributed by atoms with Gasteiger partial charge >= 0.3 is 6.18 Å². The Balaban J connectivity index is 2.71. The molecule has 0 aliphatic carbocycles. The minimum Gasteiger partial charge on any atom is -0.383 e. The Morgan fingerprint density at radius 1 is 1.55 bits per heavy atom. The summed E-state index contributed by atoms with van der Waals surface area (Å²) in [5.74, 6) is 5.38. The Kier molecular flexibility index (Phi) is 6.89. The number of hydrogen-bond donors (Lipinski definition) is 2. The molecular formula is C10H16BrF3N4O2. The molecule has 0 spiro atoms. The maximum atomic E-state index is 12.1. The number of nitrogens with one attached hydrogen (secondary N) is 1. The summed E-state index contributed by atoms with van der Waals surface area (Å²) in [5, 5.41) is 4.10. The van der Waals surface area contributed by atoms with Crippen molar-refractivity contribution >= 4 is 15.9 Å². The van der Waals surface area contributed by atoms with Crippen LogP contribution in [0, 0.1) is 0 Å². The van der Waals surface area contributed by atoms with E-state index in [2.05, 4.69) is 31.2 Å². The van der Waals surface area contributed by atoms with Crippen molar-refractivity contribution in [3.8, 4) is 0 Å². The zero-order valence-corrected chi connectivity index (χ0v) is 12.4. The highest BCUT2D eigenvalue weighted by atomic mass is 79.9. The Morgan fingerprint density at radius 2 is 2.25 bits per heavy atom. The highest BCUT2D eigenvalue weighted by molar-refractivity contribution is 9.10. The van der Waals surface area contributed by atoms with E-state index in [9.17, 15) is 13.2 Å². The van der Waals surface area contributed by atoms with Gasteiger partial charge in [-0.25, -0.2) is 5.43 Å². The van der Waals surface area contributed by atoms with Gasteiger partial charge in [0, 0.05) is 7.11 Å². The van der Waals surface area contributed by atoms with Crippen LogP contribution in [0.25, 0.3) is 0 Å². The molecule has 0 aliphatic rings. The molecule has 0 radical (unpaired) electrons. The zero-order valence-electron chi connectivity index (χ0n) is 10.8. The highest BCUT2D eigenvalue weighted by Crippen LogP contribution is 2.24. The molecule has 1 heterocycles. The number of ether oxygens (including phenoxy) is 2. The maximum Gasteiger partial charge on any atom is 0.411 e. The number of hydrazine groups is 1. The fourth-order valence-electron chi connectivity index (χ4n) is 1.57. The molecule has 3 N–H and O–H groups in total. The molecule has 6 nitrogen and oxygen atoms in total. The molecule has 1 aromatic rings. The number of hydrogen-bond acceptors (Lipinski definition) is 5. The number of halogens is 4. The molecule has 20 heavy (non-hydrogen) atoms. The molecular weight excluding hydrogens is 345 g/mol. The predicted octanol–water partition coefficient (Wildman–Crippen LogP) is 1.38. The van der Waals surface area contributed by atoms with E-state index >= 15 is 0 Å². The summed E-state index contributed by atoms with van der Waals surface area (Å²) in [6, 6.07) is -0.619. The van der Waals surface area contributed by atoms with Crippen LogP contribution >= 0.6 is 15.9 Å². The minimum atomic E-state index is -4.37. The molecule has 1 aromatic heterocycles. The molecule has 0 saturated carbocycles. The lowest BCUT2D eigenvalue weighted by atomic mass is 10.2. The second-order valence-electron chi connectivity index (χ2n) is 3.94. The fraction of sp³-hybridized carbons (Fsp3) is 0.700. The van der Waals surface area contributed by atoms with Gasteiger partial charge in [-0.15, -0.1) is 0 Å². The second-order valence-corrected chi connectivity index (χ2v) is 4.80. The molecule has 0 aromatic carbocycles. The quantitative estimate of drug-likeness (QED) is 0.541. The second kappa shape index (κ2) is 7.93. The molecule has 0 fully saturated rings. The predicted molar refractivity (Wildman–Crippen MR) is 68.7 cm³/mol. The van der Waals surface area contributed by atoms with Crippen molar-refractivity contribution < 1.29 is 22.6 Å². The van der Waals surface area contributed by atoms with E-state index in [0.717, 1.165) is 0 Å². The molecule has 0 aliphatic heterocycles. The van der Waals surface area contributed by atoms with Crippen molar-refractivity contribution in [1.82, 2.24) is 15.2 Å². The van der Waals surface area contributed by atoms with Crippen LogP contribution in [0.3, 0.4) is 0 Å². The number of aromatic nitrogens is 2. The van der Waals surface area contributed by atoms with Gasteiger partial charge in [0.15, 0.2) is 0 Å². The molecule has 1 atom stereocenters. The fourth-order valence-corrected chi connectivity index (χ4v) is 2.15. The van der Waals surface area contributed by atoms with E-state index in [1.54, 1.807) is 18.0 Å². The molecule has 116 valence electrons.